The van der Waals surface area contributed by atoms with Crippen LogP contribution in [-0.4, -0.2) is 30.1 Å². The highest BCUT2D eigenvalue weighted by Gasteiger charge is 2.16. The summed E-state index contributed by atoms with van der Waals surface area (Å²) in [5.74, 6) is 0. The molecule has 0 fully saturated rings. The predicted molar refractivity (Wildman–Crippen MR) is 151 cm³/mol. The Bertz CT molecular complexity index is 1650. The van der Waals surface area contributed by atoms with Crippen molar-refractivity contribution in [1.29, 1.82) is 0 Å². The summed E-state index contributed by atoms with van der Waals surface area (Å²) in [5, 5.41) is 12.1. The molecule has 3 N–H and O–H groups in total. The second-order valence-corrected chi connectivity index (χ2v) is 8.76. The van der Waals surface area contributed by atoms with Crippen LogP contribution in [0.4, 0.5) is 0 Å². The Kier molecular flexibility index (Phi) is 6.76. The molecule has 0 aliphatic heterocycles. The van der Waals surface area contributed by atoms with Gasteiger partial charge in [0.15, 0.2) is 0 Å². The second-order valence-electron chi connectivity index (χ2n) is 8.76. The normalized spacial score (nSPS) is 12.3. The van der Waals surface area contributed by atoms with Gasteiger partial charge in [-0.3, -0.25) is 15.1 Å². The molecular formula is C30H29N7. The third-order valence-corrected chi connectivity index (χ3v) is 6.19. The summed E-state index contributed by atoms with van der Waals surface area (Å²) in [4.78, 5) is 17.2. The van der Waals surface area contributed by atoms with Crippen molar-refractivity contribution in [2.24, 2.45) is 0 Å². The maximum absolute atomic E-state index is 5.00. The number of aromatic amines is 2. The zero-order chi connectivity index (χ0) is 25.8. The van der Waals surface area contributed by atoms with Crippen LogP contribution in [-0.2, 0) is 0 Å². The van der Waals surface area contributed by atoms with Crippen molar-refractivity contribution < 1.29 is 0 Å². The standard InChI is InChI=1S/C30H29N7/c1-5-9-19(4)33-22(7-3)14-20(6-2)25-11-12-26-29(35-25)30(37-36-26)27-15-23-24(17-32-18-28(23)34-27)21-10-8-13-31-16-21/h6-8,10-18,33-34H,3-5,9H2,1-2H3,(H,36,37)/b20-6+,22-14+. The number of rotatable bonds is 9. The van der Waals surface area contributed by atoms with E-state index in [4.69, 9.17) is 4.98 Å². The minimum absolute atomic E-state index is 0.753. The summed E-state index contributed by atoms with van der Waals surface area (Å²) >= 11 is 0. The molecule has 0 amide bonds. The van der Waals surface area contributed by atoms with E-state index < -0.39 is 0 Å². The Hall–Kier alpha value is -4.78. The largest absolute Gasteiger partial charge is 0.359 e. The number of nitrogens with zero attached hydrogens (tertiary/aromatic N) is 4. The number of H-pyrrole nitrogens is 2. The Morgan fingerprint density at radius 2 is 2.00 bits per heavy atom. The van der Waals surface area contributed by atoms with Gasteiger partial charge in [-0.25, -0.2) is 4.98 Å². The van der Waals surface area contributed by atoms with Crippen molar-refractivity contribution in [3.05, 3.63) is 104 Å². The van der Waals surface area contributed by atoms with E-state index in [-0.39, 0.29) is 0 Å². The van der Waals surface area contributed by atoms with E-state index in [9.17, 15) is 0 Å². The number of fused-ring (bicyclic) bond motifs is 2. The lowest BCUT2D eigenvalue weighted by molar-refractivity contribution is 0.829. The SMILES string of the molecule is C=C/C(=C\C(=C/C)c1ccc2[nH]nc(-c3cc4c(-c5cccnc5)cncc4[nH]3)c2n1)NC(=C)CCC. The number of aromatic nitrogens is 6. The highest BCUT2D eigenvalue weighted by atomic mass is 15.1. The van der Waals surface area contributed by atoms with Crippen molar-refractivity contribution in [2.45, 2.75) is 26.7 Å². The Morgan fingerprint density at radius 1 is 1.11 bits per heavy atom. The number of allylic oxidation sites excluding steroid dienone is 5. The molecule has 5 rings (SSSR count). The Labute approximate surface area is 215 Å². The molecule has 0 aliphatic carbocycles. The molecule has 0 saturated carbocycles. The average molecular weight is 488 g/mol. The van der Waals surface area contributed by atoms with Gasteiger partial charge < -0.3 is 10.3 Å². The van der Waals surface area contributed by atoms with Gasteiger partial charge in [-0.15, -0.1) is 0 Å². The van der Waals surface area contributed by atoms with Crippen LogP contribution in [0.25, 0.3) is 50.0 Å². The zero-order valence-electron chi connectivity index (χ0n) is 21.0. The molecular weight excluding hydrogens is 458 g/mol. The predicted octanol–water partition coefficient (Wildman–Crippen LogP) is 6.94. The van der Waals surface area contributed by atoms with Crippen LogP contribution >= 0.6 is 0 Å². The molecule has 0 radical (unpaired) electrons. The zero-order valence-corrected chi connectivity index (χ0v) is 21.0. The lowest BCUT2D eigenvalue weighted by Crippen LogP contribution is -2.10. The van der Waals surface area contributed by atoms with Crippen molar-refractivity contribution in [3.63, 3.8) is 0 Å². The molecule has 0 saturated heterocycles. The van der Waals surface area contributed by atoms with E-state index in [0.29, 0.717) is 0 Å². The summed E-state index contributed by atoms with van der Waals surface area (Å²) < 4.78 is 0. The molecule has 37 heavy (non-hydrogen) atoms. The number of pyridine rings is 3. The molecule has 7 nitrogen and oxygen atoms in total. The van der Waals surface area contributed by atoms with Crippen molar-refractivity contribution in [2.75, 3.05) is 0 Å². The fraction of sp³-hybridized carbons (Fsp3) is 0.133. The first-order chi connectivity index (χ1) is 18.1. The van der Waals surface area contributed by atoms with Gasteiger partial charge in [0, 0.05) is 46.5 Å². The molecule has 0 aromatic carbocycles. The molecule has 0 atom stereocenters. The third-order valence-electron chi connectivity index (χ3n) is 6.19. The first kappa shape index (κ1) is 23.9. The van der Waals surface area contributed by atoms with E-state index >= 15 is 0 Å². The smallest absolute Gasteiger partial charge is 0.135 e. The van der Waals surface area contributed by atoms with Crippen LogP contribution in [0.5, 0.6) is 0 Å². The summed E-state index contributed by atoms with van der Waals surface area (Å²) in [6, 6.07) is 10.1. The van der Waals surface area contributed by atoms with E-state index in [0.717, 1.165) is 80.0 Å². The summed E-state index contributed by atoms with van der Waals surface area (Å²) in [5.41, 5.74) is 9.87. The average Bonchev–Trinajstić information content (AvgIpc) is 3.55. The number of hydrogen-bond donors (Lipinski definition) is 3. The summed E-state index contributed by atoms with van der Waals surface area (Å²) in [6.45, 7) is 12.2. The lowest BCUT2D eigenvalue weighted by Gasteiger charge is -2.11. The van der Waals surface area contributed by atoms with E-state index in [1.807, 2.05) is 61.9 Å². The van der Waals surface area contributed by atoms with Crippen LogP contribution in [0.15, 0.2) is 97.9 Å². The molecule has 0 unspecified atom stereocenters. The van der Waals surface area contributed by atoms with Gasteiger partial charge in [-0.2, -0.15) is 5.10 Å². The van der Waals surface area contributed by atoms with Crippen LogP contribution in [0.1, 0.15) is 32.4 Å². The van der Waals surface area contributed by atoms with E-state index in [2.05, 4.69) is 56.6 Å². The second kappa shape index (κ2) is 10.5. The molecule has 0 spiro atoms. The third kappa shape index (κ3) is 4.84. The molecule has 184 valence electrons. The maximum atomic E-state index is 5.00. The Balaban J connectivity index is 1.55. The summed E-state index contributed by atoms with van der Waals surface area (Å²) in [7, 11) is 0. The van der Waals surface area contributed by atoms with Gasteiger partial charge in [0.25, 0.3) is 0 Å². The number of hydrogen-bond acceptors (Lipinski definition) is 5. The van der Waals surface area contributed by atoms with Crippen molar-refractivity contribution in [3.8, 4) is 22.5 Å². The molecule has 7 heteroatoms. The van der Waals surface area contributed by atoms with Gasteiger partial charge in [0.2, 0.25) is 0 Å². The molecule has 5 aromatic rings. The van der Waals surface area contributed by atoms with Crippen LogP contribution in [0, 0.1) is 0 Å². The van der Waals surface area contributed by atoms with Gasteiger partial charge in [0.1, 0.15) is 11.2 Å². The van der Waals surface area contributed by atoms with Gasteiger partial charge in [-0.1, -0.05) is 38.6 Å². The minimum atomic E-state index is 0.753. The van der Waals surface area contributed by atoms with Crippen LogP contribution in [0.2, 0.25) is 0 Å². The van der Waals surface area contributed by atoms with Gasteiger partial charge in [-0.05, 0) is 55.3 Å². The molecule has 5 aromatic heterocycles. The van der Waals surface area contributed by atoms with E-state index in [1.54, 1.807) is 12.3 Å². The number of nitrogens with one attached hydrogen (secondary N) is 3. The van der Waals surface area contributed by atoms with E-state index in [1.165, 1.54) is 0 Å². The van der Waals surface area contributed by atoms with Crippen LogP contribution in [0.3, 0.4) is 0 Å². The van der Waals surface area contributed by atoms with Crippen molar-refractivity contribution in [1.82, 2.24) is 35.5 Å². The fourth-order valence-electron chi connectivity index (χ4n) is 4.37. The minimum Gasteiger partial charge on any atom is -0.359 e. The fourth-order valence-corrected chi connectivity index (χ4v) is 4.37. The molecule has 5 heterocycles. The van der Waals surface area contributed by atoms with Gasteiger partial charge >= 0.3 is 0 Å². The summed E-state index contributed by atoms with van der Waals surface area (Å²) in [6.07, 6.45) is 15.1. The van der Waals surface area contributed by atoms with Gasteiger partial charge in [0.05, 0.1) is 28.6 Å². The lowest BCUT2D eigenvalue weighted by atomic mass is 10.1. The quantitative estimate of drug-likeness (QED) is 0.196. The Morgan fingerprint density at radius 3 is 2.76 bits per heavy atom. The molecule has 0 bridgehead atoms. The van der Waals surface area contributed by atoms with Crippen molar-refractivity contribution >= 4 is 27.5 Å². The highest BCUT2D eigenvalue weighted by Crippen LogP contribution is 2.33. The topological polar surface area (TPSA) is 95.2 Å². The highest BCUT2D eigenvalue weighted by molar-refractivity contribution is 5.99. The monoisotopic (exact) mass is 487 g/mol. The van der Waals surface area contributed by atoms with Crippen LogP contribution < -0.4 is 5.32 Å². The maximum Gasteiger partial charge on any atom is 0.135 e. The first-order valence-corrected chi connectivity index (χ1v) is 12.3. The molecule has 0 aliphatic rings. The first-order valence-electron chi connectivity index (χ1n) is 12.3.